The number of anilines is 1. The first-order chi connectivity index (χ1) is 10.2. The molecule has 1 aromatic carbocycles. The molecule has 1 aromatic heterocycles. The molecule has 2 nitrogen and oxygen atoms in total. The summed E-state index contributed by atoms with van der Waals surface area (Å²) in [5, 5.41) is 2.56. The van der Waals surface area contributed by atoms with Gasteiger partial charge >= 0.3 is 6.18 Å². The summed E-state index contributed by atoms with van der Waals surface area (Å²) < 4.78 is 38.9. The molecule has 0 radical (unpaired) electrons. The fourth-order valence-corrected chi connectivity index (χ4v) is 3.90. The highest BCUT2D eigenvalue weighted by atomic mass is 35.5. The molecule has 1 aliphatic heterocycles. The number of halogens is 4. The number of amides is 1. The minimum Gasteiger partial charge on any atom is -0.325 e. The van der Waals surface area contributed by atoms with Crippen LogP contribution in [0.3, 0.4) is 0 Å². The number of fused-ring (bicyclic) bond motifs is 1. The molecule has 1 amide bonds. The molecule has 1 atom stereocenters. The smallest absolute Gasteiger partial charge is 0.325 e. The predicted octanol–water partition coefficient (Wildman–Crippen LogP) is 4.87. The number of carbonyl (C=O) groups excluding carboxylic acids is 1. The van der Waals surface area contributed by atoms with E-state index in [1.54, 1.807) is 13.0 Å². The van der Waals surface area contributed by atoms with Crippen molar-refractivity contribution in [3.05, 3.63) is 50.7 Å². The Morgan fingerprint density at radius 3 is 2.59 bits per heavy atom. The highest BCUT2D eigenvalue weighted by Gasteiger charge is 2.44. The van der Waals surface area contributed by atoms with Gasteiger partial charge in [0.15, 0.2) is 0 Å². The number of alkyl halides is 3. The third kappa shape index (κ3) is 2.50. The first-order valence-electron chi connectivity index (χ1n) is 6.47. The topological polar surface area (TPSA) is 29.1 Å². The monoisotopic (exact) mass is 345 g/mol. The lowest BCUT2D eigenvalue weighted by atomic mass is 9.80. The lowest BCUT2D eigenvalue weighted by molar-refractivity contribution is -0.137. The van der Waals surface area contributed by atoms with Gasteiger partial charge in [-0.2, -0.15) is 13.2 Å². The van der Waals surface area contributed by atoms with Crippen LogP contribution in [-0.4, -0.2) is 5.91 Å². The van der Waals surface area contributed by atoms with Crippen molar-refractivity contribution >= 4 is 34.5 Å². The summed E-state index contributed by atoms with van der Waals surface area (Å²) in [5.74, 6) is -0.300. The molecule has 0 saturated heterocycles. The van der Waals surface area contributed by atoms with Crippen LogP contribution in [-0.2, 0) is 22.8 Å². The van der Waals surface area contributed by atoms with E-state index in [0.717, 1.165) is 17.0 Å². The number of benzene rings is 1. The number of hydrogen-bond donors (Lipinski definition) is 1. The Hall–Kier alpha value is -1.53. The van der Waals surface area contributed by atoms with E-state index in [0.29, 0.717) is 16.3 Å². The van der Waals surface area contributed by atoms with Gasteiger partial charge in [-0.3, -0.25) is 4.79 Å². The third-order valence-corrected chi connectivity index (χ3v) is 5.08. The summed E-state index contributed by atoms with van der Waals surface area (Å²) in [6, 6.07) is 6.95. The van der Waals surface area contributed by atoms with Crippen molar-refractivity contribution in [2.24, 2.45) is 0 Å². The van der Waals surface area contributed by atoms with Crippen LogP contribution < -0.4 is 5.32 Å². The van der Waals surface area contributed by atoms with Crippen LogP contribution in [0.5, 0.6) is 0 Å². The number of rotatable bonds is 2. The molecule has 3 rings (SSSR count). The van der Waals surface area contributed by atoms with E-state index in [4.69, 9.17) is 11.6 Å². The Labute approximate surface area is 133 Å². The van der Waals surface area contributed by atoms with Gasteiger partial charge in [-0.1, -0.05) is 17.7 Å². The van der Waals surface area contributed by atoms with Gasteiger partial charge in [0.2, 0.25) is 5.91 Å². The van der Waals surface area contributed by atoms with Gasteiger partial charge in [0.1, 0.15) is 0 Å². The highest BCUT2D eigenvalue weighted by Crippen LogP contribution is 2.43. The SMILES string of the molecule is CC1(Cc2ccc(Cl)s2)C(=O)Nc2cc(C(F)(F)F)ccc21. The molecule has 2 aromatic rings. The summed E-state index contributed by atoms with van der Waals surface area (Å²) in [6.07, 6.45) is -4.03. The van der Waals surface area contributed by atoms with E-state index in [-0.39, 0.29) is 11.6 Å². The van der Waals surface area contributed by atoms with Crippen LogP contribution in [0.25, 0.3) is 0 Å². The lowest BCUT2D eigenvalue weighted by Crippen LogP contribution is -2.33. The Morgan fingerprint density at radius 1 is 1.27 bits per heavy atom. The van der Waals surface area contributed by atoms with E-state index >= 15 is 0 Å². The molecule has 0 spiro atoms. The second kappa shape index (κ2) is 4.99. The Morgan fingerprint density at radius 2 is 2.00 bits per heavy atom. The molecular weight excluding hydrogens is 335 g/mol. The predicted molar refractivity (Wildman–Crippen MR) is 80.5 cm³/mol. The molecule has 1 N–H and O–H groups in total. The van der Waals surface area contributed by atoms with Gasteiger partial charge in [-0.05, 0) is 36.8 Å². The number of hydrogen-bond acceptors (Lipinski definition) is 2. The average Bonchev–Trinajstić information content (AvgIpc) is 2.92. The Bertz CT molecular complexity index is 755. The van der Waals surface area contributed by atoms with E-state index in [2.05, 4.69) is 5.32 Å². The third-order valence-electron chi connectivity index (χ3n) is 3.85. The van der Waals surface area contributed by atoms with Crippen molar-refractivity contribution in [2.45, 2.75) is 24.9 Å². The fourth-order valence-electron chi connectivity index (χ4n) is 2.66. The van der Waals surface area contributed by atoms with Gasteiger partial charge in [0.05, 0.1) is 15.3 Å². The summed E-state index contributed by atoms with van der Waals surface area (Å²) in [7, 11) is 0. The average molecular weight is 346 g/mol. The zero-order chi connectivity index (χ0) is 16.1. The molecule has 1 aliphatic rings. The molecule has 0 fully saturated rings. The van der Waals surface area contributed by atoms with Crippen molar-refractivity contribution in [3.8, 4) is 0 Å². The molecule has 0 bridgehead atoms. The molecule has 116 valence electrons. The van der Waals surface area contributed by atoms with Gasteiger partial charge in [0.25, 0.3) is 0 Å². The largest absolute Gasteiger partial charge is 0.416 e. The van der Waals surface area contributed by atoms with Crippen LogP contribution in [0, 0.1) is 0 Å². The standard InChI is InChI=1S/C15H11ClF3NOS/c1-14(7-9-3-5-12(16)22-9)10-4-2-8(15(17,18)19)6-11(10)20-13(14)21/h2-6H,7H2,1H3,(H,20,21). The van der Waals surface area contributed by atoms with E-state index in [1.165, 1.54) is 17.4 Å². The molecule has 1 unspecified atom stereocenters. The minimum atomic E-state index is -4.43. The second-order valence-corrected chi connectivity index (χ2v) is 7.23. The quantitative estimate of drug-likeness (QED) is 0.826. The Kier molecular flexibility index (Phi) is 3.49. The first-order valence-corrected chi connectivity index (χ1v) is 7.67. The van der Waals surface area contributed by atoms with Crippen molar-refractivity contribution in [1.29, 1.82) is 0 Å². The van der Waals surface area contributed by atoms with Crippen LogP contribution >= 0.6 is 22.9 Å². The molecule has 0 aliphatic carbocycles. The van der Waals surface area contributed by atoms with Crippen LogP contribution in [0.15, 0.2) is 30.3 Å². The summed E-state index contributed by atoms with van der Waals surface area (Å²) in [6.45, 7) is 1.73. The second-order valence-electron chi connectivity index (χ2n) is 5.43. The van der Waals surface area contributed by atoms with Gasteiger partial charge < -0.3 is 5.32 Å². The highest BCUT2D eigenvalue weighted by molar-refractivity contribution is 7.16. The fraction of sp³-hybridized carbons (Fsp3) is 0.267. The zero-order valence-corrected chi connectivity index (χ0v) is 13.0. The molecule has 0 saturated carbocycles. The minimum absolute atomic E-state index is 0.227. The first kappa shape index (κ1) is 15.4. The van der Waals surface area contributed by atoms with E-state index in [1.807, 2.05) is 6.07 Å². The van der Waals surface area contributed by atoms with E-state index < -0.39 is 17.2 Å². The molecular formula is C15H11ClF3NOS. The lowest BCUT2D eigenvalue weighted by Gasteiger charge is -2.21. The van der Waals surface area contributed by atoms with Gasteiger partial charge in [0, 0.05) is 17.0 Å². The Balaban J connectivity index is 2.00. The number of nitrogens with one attached hydrogen (secondary N) is 1. The summed E-state index contributed by atoms with van der Waals surface area (Å²) >= 11 is 7.25. The van der Waals surface area contributed by atoms with Crippen LogP contribution in [0.2, 0.25) is 4.34 Å². The van der Waals surface area contributed by atoms with Crippen molar-refractivity contribution in [3.63, 3.8) is 0 Å². The molecule has 7 heteroatoms. The number of thiophene rings is 1. The number of carbonyl (C=O) groups is 1. The summed E-state index contributed by atoms with van der Waals surface area (Å²) in [5.41, 5.74) is -0.858. The zero-order valence-electron chi connectivity index (χ0n) is 11.4. The maximum Gasteiger partial charge on any atom is 0.416 e. The normalized spacial score (nSPS) is 20.9. The maximum atomic E-state index is 12.8. The molecule has 2 heterocycles. The molecule has 22 heavy (non-hydrogen) atoms. The van der Waals surface area contributed by atoms with Crippen molar-refractivity contribution in [1.82, 2.24) is 0 Å². The van der Waals surface area contributed by atoms with Gasteiger partial charge in [-0.25, -0.2) is 0 Å². The summed E-state index contributed by atoms with van der Waals surface area (Å²) in [4.78, 5) is 13.2. The van der Waals surface area contributed by atoms with E-state index in [9.17, 15) is 18.0 Å². The van der Waals surface area contributed by atoms with Crippen molar-refractivity contribution in [2.75, 3.05) is 5.32 Å². The maximum absolute atomic E-state index is 12.8. The van der Waals surface area contributed by atoms with Crippen LogP contribution in [0.1, 0.15) is 22.9 Å². The van der Waals surface area contributed by atoms with Gasteiger partial charge in [-0.15, -0.1) is 11.3 Å². The van der Waals surface area contributed by atoms with Crippen molar-refractivity contribution < 1.29 is 18.0 Å². The van der Waals surface area contributed by atoms with Crippen LogP contribution in [0.4, 0.5) is 18.9 Å².